The Morgan fingerprint density at radius 1 is 1.43 bits per heavy atom. The Morgan fingerprint density at radius 2 is 2.24 bits per heavy atom. The molecule has 1 aliphatic heterocycles. The van der Waals surface area contributed by atoms with E-state index in [1.54, 1.807) is 6.20 Å². The molecule has 5 N–H and O–H groups in total. The molecule has 2 amide bonds. The Bertz CT molecular complexity index is 711. The third-order valence-electron chi connectivity index (χ3n) is 3.40. The maximum Gasteiger partial charge on any atom is 0.251 e. The van der Waals surface area contributed by atoms with Gasteiger partial charge < -0.3 is 5.32 Å². The molecule has 3 rings (SSSR count). The number of piperidine rings is 1. The number of carbonyl (C=O) groups is 2. The smallest absolute Gasteiger partial charge is 0.251 e. The van der Waals surface area contributed by atoms with Crippen molar-refractivity contribution < 1.29 is 9.59 Å². The lowest BCUT2D eigenvalue weighted by molar-refractivity contribution is -0.146. The Balaban J connectivity index is 1.92. The van der Waals surface area contributed by atoms with Gasteiger partial charge in [0.15, 0.2) is 5.65 Å². The molecular weight excluding hydrogens is 276 g/mol. The van der Waals surface area contributed by atoms with Gasteiger partial charge in [-0.05, 0) is 6.42 Å². The molecule has 0 radical (unpaired) electrons. The highest BCUT2D eigenvalue weighted by atomic mass is 16.2. The number of nitrogens with zero attached hydrogens (tertiary/aromatic N) is 4. The largest absolute Gasteiger partial charge is 0.358 e. The Morgan fingerprint density at radius 3 is 3.00 bits per heavy atom. The van der Waals surface area contributed by atoms with Gasteiger partial charge in [-0.25, -0.2) is 5.84 Å². The third kappa shape index (κ3) is 2.25. The average Bonchev–Trinajstić information content (AvgIpc) is 2.96. The zero-order valence-electron chi connectivity index (χ0n) is 11.3. The Kier molecular flexibility index (Phi) is 3.14. The van der Waals surface area contributed by atoms with Crippen molar-refractivity contribution in [1.82, 2.24) is 25.1 Å². The highest BCUT2D eigenvalue weighted by molar-refractivity contribution is 6.02. The van der Waals surface area contributed by atoms with Crippen molar-refractivity contribution in [2.75, 3.05) is 17.8 Å². The van der Waals surface area contributed by atoms with E-state index in [1.165, 1.54) is 7.05 Å². The molecule has 2 aromatic rings. The maximum atomic E-state index is 12.1. The van der Waals surface area contributed by atoms with Crippen LogP contribution in [0, 0.1) is 0 Å². The first-order valence-corrected chi connectivity index (χ1v) is 6.35. The molecular formula is C11H14N8O2. The normalized spacial score (nSPS) is 19.1. The summed E-state index contributed by atoms with van der Waals surface area (Å²) in [5.74, 6) is 5.48. The molecule has 10 heteroatoms. The van der Waals surface area contributed by atoms with Crippen LogP contribution in [0.3, 0.4) is 0 Å². The number of hydrogen-bond donors (Lipinski definition) is 4. The first-order valence-electron chi connectivity index (χ1n) is 6.35. The van der Waals surface area contributed by atoms with E-state index < -0.39 is 6.04 Å². The molecule has 0 saturated carbocycles. The molecule has 3 heterocycles. The van der Waals surface area contributed by atoms with Gasteiger partial charge in [0.2, 0.25) is 11.9 Å². The number of likely N-dealkylation sites (N-methyl/N-ethyl adjacent to an activating group) is 1. The zero-order chi connectivity index (χ0) is 15.0. The predicted octanol–water partition coefficient (Wildman–Crippen LogP) is -0.802. The number of likely N-dealkylation sites (tertiary alicyclic amines) is 1. The first kappa shape index (κ1) is 13.2. The van der Waals surface area contributed by atoms with Crippen molar-refractivity contribution in [3.8, 4) is 0 Å². The van der Waals surface area contributed by atoms with Gasteiger partial charge in [0.1, 0.15) is 11.9 Å². The van der Waals surface area contributed by atoms with Crippen LogP contribution >= 0.6 is 0 Å². The van der Waals surface area contributed by atoms with Crippen LogP contribution in [0.1, 0.15) is 12.8 Å². The molecule has 10 nitrogen and oxygen atoms in total. The molecule has 1 aliphatic rings. The summed E-state index contributed by atoms with van der Waals surface area (Å²) in [5, 5.41) is 10.3. The number of amides is 2. The quantitative estimate of drug-likeness (QED) is 0.327. The fourth-order valence-corrected chi connectivity index (χ4v) is 2.22. The molecule has 21 heavy (non-hydrogen) atoms. The standard InChI is InChI=1S/C11H14N8O2/c1-19-7(20)3-2-6(10(19)21)14-8-5-4-13-18-9(5)16-11(15-8)17-12/h4,6H,2-3,12H2,1H3,(H3,13,14,15,16,17,18). The average molecular weight is 290 g/mol. The zero-order valence-corrected chi connectivity index (χ0v) is 11.3. The first-order chi connectivity index (χ1) is 10.1. The molecule has 0 aliphatic carbocycles. The summed E-state index contributed by atoms with van der Waals surface area (Å²) in [6.45, 7) is 0. The number of hydrazine groups is 1. The number of rotatable bonds is 3. The Hall–Kier alpha value is -2.75. The van der Waals surface area contributed by atoms with Gasteiger partial charge in [-0.1, -0.05) is 0 Å². The SMILES string of the molecule is CN1C(=O)CCC(Nc2nc(NN)nc3[nH]ncc23)C1=O. The van der Waals surface area contributed by atoms with E-state index in [0.717, 1.165) is 4.90 Å². The van der Waals surface area contributed by atoms with E-state index in [0.29, 0.717) is 29.7 Å². The van der Waals surface area contributed by atoms with Crippen LogP contribution in [0.2, 0.25) is 0 Å². The predicted molar refractivity (Wildman–Crippen MR) is 73.9 cm³/mol. The number of nitrogens with two attached hydrogens (primary N) is 1. The van der Waals surface area contributed by atoms with Crippen LogP contribution in [0.5, 0.6) is 0 Å². The van der Waals surface area contributed by atoms with Crippen LogP contribution in [-0.4, -0.2) is 50.0 Å². The van der Waals surface area contributed by atoms with E-state index in [4.69, 9.17) is 5.84 Å². The summed E-state index contributed by atoms with van der Waals surface area (Å²) < 4.78 is 0. The minimum Gasteiger partial charge on any atom is -0.358 e. The van der Waals surface area contributed by atoms with E-state index >= 15 is 0 Å². The lowest BCUT2D eigenvalue weighted by atomic mass is 10.0. The number of anilines is 2. The number of aromatic nitrogens is 4. The summed E-state index contributed by atoms with van der Waals surface area (Å²) in [6.07, 6.45) is 2.28. The van der Waals surface area contributed by atoms with E-state index in [9.17, 15) is 9.59 Å². The minimum atomic E-state index is -0.522. The molecule has 1 unspecified atom stereocenters. The van der Waals surface area contributed by atoms with E-state index in [1.807, 2.05) is 0 Å². The number of H-pyrrole nitrogens is 1. The third-order valence-corrected chi connectivity index (χ3v) is 3.40. The number of carbonyl (C=O) groups excluding carboxylic acids is 2. The summed E-state index contributed by atoms with van der Waals surface area (Å²) in [4.78, 5) is 33.0. The van der Waals surface area contributed by atoms with Crippen molar-refractivity contribution in [2.24, 2.45) is 5.84 Å². The minimum absolute atomic E-state index is 0.182. The molecule has 1 atom stereocenters. The summed E-state index contributed by atoms with van der Waals surface area (Å²) in [6, 6.07) is -0.522. The van der Waals surface area contributed by atoms with Gasteiger partial charge in [-0.15, -0.1) is 0 Å². The highest BCUT2D eigenvalue weighted by Crippen LogP contribution is 2.23. The number of imide groups is 1. The van der Waals surface area contributed by atoms with Crippen molar-refractivity contribution in [3.63, 3.8) is 0 Å². The molecule has 0 bridgehead atoms. The van der Waals surface area contributed by atoms with Gasteiger partial charge >= 0.3 is 0 Å². The molecule has 2 aromatic heterocycles. The highest BCUT2D eigenvalue weighted by Gasteiger charge is 2.32. The van der Waals surface area contributed by atoms with Crippen LogP contribution < -0.4 is 16.6 Å². The van der Waals surface area contributed by atoms with E-state index in [-0.39, 0.29) is 17.8 Å². The van der Waals surface area contributed by atoms with Crippen molar-refractivity contribution in [1.29, 1.82) is 0 Å². The second-order valence-corrected chi connectivity index (χ2v) is 4.70. The van der Waals surface area contributed by atoms with Crippen molar-refractivity contribution in [2.45, 2.75) is 18.9 Å². The number of fused-ring (bicyclic) bond motifs is 1. The topological polar surface area (TPSA) is 142 Å². The maximum absolute atomic E-state index is 12.1. The summed E-state index contributed by atoms with van der Waals surface area (Å²) in [5.41, 5.74) is 2.85. The van der Waals surface area contributed by atoms with Crippen molar-refractivity contribution in [3.05, 3.63) is 6.20 Å². The number of nitrogens with one attached hydrogen (secondary N) is 3. The second kappa shape index (κ2) is 4.98. The number of hydrogen-bond acceptors (Lipinski definition) is 8. The second-order valence-electron chi connectivity index (χ2n) is 4.70. The van der Waals surface area contributed by atoms with Crippen LogP contribution in [0.15, 0.2) is 6.20 Å². The lowest BCUT2D eigenvalue weighted by Crippen LogP contribution is -2.48. The van der Waals surface area contributed by atoms with Gasteiger partial charge in [0, 0.05) is 13.5 Å². The van der Waals surface area contributed by atoms with Crippen LogP contribution in [0.25, 0.3) is 11.0 Å². The lowest BCUT2D eigenvalue weighted by Gasteiger charge is -2.28. The fourth-order valence-electron chi connectivity index (χ4n) is 2.22. The fraction of sp³-hybridized carbons (Fsp3) is 0.364. The van der Waals surface area contributed by atoms with Crippen molar-refractivity contribution >= 4 is 34.6 Å². The number of nitrogen functional groups attached to an aromatic ring is 1. The van der Waals surface area contributed by atoms with Gasteiger partial charge in [-0.2, -0.15) is 15.1 Å². The summed E-state index contributed by atoms with van der Waals surface area (Å²) in [7, 11) is 1.47. The molecule has 1 saturated heterocycles. The number of aromatic amines is 1. The van der Waals surface area contributed by atoms with Gasteiger partial charge in [0.25, 0.3) is 5.91 Å². The summed E-state index contributed by atoms with van der Waals surface area (Å²) >= 11 is 0. The molecule has 0 aromatic carbocycles. The molecule has 1 fully saturated rings. The Labute approximate surface area is 119 Å². The molecule has 110 valence electrons. The molecule has 0 spiro atoms. The van der Waals surface area contributed by atoms with Gasteiger partial charge in [-0.3, -0.25) is 25.0 Å². The van der Waals surface area contributed by atoms with E-state index in [2.05, 4.69) is 30.9 Å². The van der Waals surface area contributed by atoms with Crippen LogP contribution in [0.4, 0.5) is 11.8 Å². The van der Waals surface area contributed by atoms with Gasteiger partial charge in [0.05, 0.1) is 11.6 Å². The van der Waals surface area contributed by atoms with Crippen LogP contribution in [-0.2, 0) is 9.59 Å². The monoisotopic (exact) mass is 290 g/mol.